The molecule has 208 valence electrons. The predicted molar refractivity (Wildman–Crippen MR) is 140 cm³/mol. The molecule has 3 heterocycles. The molecule has 0 saturated carbocycles. The standard InChI is InChI=1S/C28H40N4O6/c1-19(2)16-23(32(29-12-14-37-15-13-29)26(34)21-8-6-5-7-9-21)27(35)30-11-10-22-25(30)24(33)17-31(22)28(36)38-18-20(3)4/h5-9,19-20,22-23,25H,10-18H2,1-4H3. The zero-order valence-electron chi connectivity index (χ0n) is 22.9. The maximum Gasteiger partial charge on any atom is 0.410 e. The lowest BCUT2D eigenvalue weighted by Crippen LogP contribution is -2.61. The molecule has 0 bridgehead atoms. The van der Waals surface area contributed by atoms with Crippen molar-refractivity contribution in [1.29, 1.82) is 0 Å². The maximum atomic E-state index is 14.3. The molecule has 10 heteroatoms. The fraction of sp³-hybridized carbons (Fsp3) is 0.643. The number of carbonyl (C=O) groups is 4. The highest BCUT2D eigenvalue weighted by Crippen LogP contribution is 2.32. The fourth-order valence-corrected chi connectivity index (χ4v) is 5.53. The third-order valence-electron chi connectivity index (χ3n) is 7.28. The van der Waals surface area contributed by atoms with Gasteiger partial charge in [0.2, 0.25) is 5.91 Å². The summed E-state index contributed by atoms with van der Waals surface area (Å²) in [6.45, 7) is 10.4. The first kappa shape index (κ1) is 28.0. The van der Waals surface area contributed by atoms with Crippen molar-refractivity contribution in [2.75, 3.05) is 46.0 Å². The van der Waals surface area contributed by atoms with E-state index in [1.54, 1.807) is 34.2 Å². The van der Waals surface area contributed by atoms with Crippen LogP contribution in [-0.4, -0.2) is 108 Å². The number of nitrogens with zero attached hydrogens (tertiary/aromatic N) is 4. The SMILES string of the molecule is CC(C)COC(=O)N1CC(=O)C2C1CCN2C(=O)C(CC(C)C)N(C(=O)c1ccccc1)N1CCOCC1. The monoisotopic (exact) mass is 528 g/mol. The van der Waals surface area contributed by atoms with Gasteiger partial charge in [0.25, 0.3) is 5.91 Å². The van der Waals surface area contributed by atoms with Gasteiger partial charge in [-0.1, -0.05) is 45.9 Å². The molecule has 3 fully saturated rings. The number of likely N-dealkylation sites (tertiary alicyclic amines) is 2. The molecule has 3 aliphatic rings. The number of ether oxygens (including phenoxy) is 2. The molecule has 10 nitrogen and oxygen atoms in total. The number of ketones is 1. The molecule has 4 rings (SSSR count). The van der Waals surface area contributed by atoms with Crippen LogP contribution >= 0.6 is 0 Å². The van der Waals surface area contributed by atoms with Gasteiger partial charge in [0.1, 0.15) is 12.1 Å². The zero-order valence-corrected chi connectivity index (χ0v) is 22.9. The van der Waals surface area contributed by atoms with Crippen LogP contribution < -0.4 is 0 Å². The summed E-state index contributed by atoms with van der Waals surface area (Å²) in [5.41, 5.74) is 0.496. The largest absolute Gasteiger partial charge is 0.449 e. The molecular formula is C28H40N4O6. The Morgan fingerprint density at radius 2 is 1.68 bits per heavy atom. The molecule has 3 saturated heterocycles. The molecule has 0 N–H and O–H groups in total. The highest BCUT2D eigenvalue weighted by Gasteiger charge is 2.53. The molecule has 38 heavy (non-hydrogen) atoms. The number of hydrogen-bond acceptors (Lipinski definition) is 7. The second-order valence-electron chi connectivity index (χ2n) is 11.1. The molecular weight excluding hydrogens is 488 g/mol. The number of carbonyl (C=O) groups excluding carboxylic acids is 4. The molecule has 0 aromatic heterocycles. The lowest BCUT2D eigenvalue weighted by molar-refractivity contribution is -0.151. The van der Waals surface area contributed by atoms with E-state index in [1.807, 2.05) is 38.8 Å². The van der Waals surface area contributed by atoms with Crippen molar-refractivity contribution in [3.8, 4) is 0 Å². The normalized spacial score (nSPS) is 22.6. The third-order valence-corrected chi connectivity index (χ3v) is 7.28. The van der Waals surface area contributed by atoms with E-state index in [0.717, 1.165) is 0 Å². The molecule has 3 atom stereocenters. The van der Waals surface area contributed by atoms with Crippen LogP contribution in [0.25, 0.3) is 0 Å². The number of morpholine rings is 1. The third kappa shape index (κ3) is 6.02. The molecule has 0 aliphatic carbocycles. The van der Waals surface area contributed by atoms with Gasteiger partial charge in [-0.2, -0.15) is 0 Å². The Bertz CT molecular complexity index is 1010. The quantitative estimate of drug-likeness (QED) is 0.511. The van der Waals surface area contributed by atoms with E-state index in [1.165, 1.54) is 4.90 Å². The Kier molecular flexibility index (Phi) is 9.04. The van der Waals surface area contributed by atoms with Crippen LogP contribution in [0.4, 0.5) is 4.79 Å². The van der Waals surface area contributed by atoms with Crippen LogP contribution in [0.1, 0.15) is 50.9 Å². The van der Waals surface area contributed by atoms with Crippen molar-refractivity contribution < 1.29 is 28.7 Å². The van der Waals surface area contributed by atoms with E-state index in [4.69, 9.17) is 9.47 Å². The molecule has 3 amide bonds. The summed E-state index contributed by atoms with van der Waals surface area (Å²) in [7, 11) is 0. The van der Waals surface area contributed by atoms with Gasteiger partial charge in [0.05, 0.1) is 32.4 Å². The number of rotatable bonds is 8. The summed E-state index contributed by atoms with van der Waals surface area (Å²) in [4.78, 5) is 57.1. The first-order valence-electron chi connectivity index (χ1n) is 13.7. The fourth-order valence-electron chi connectivity index (χ4n) is 5.53. The van der Waals surface area contributed by atoms with Gasteiger partial charge in [0.15, 0.2) is 5.78 Å². The van der Waals surface area contributed by atoms with Gasteiger partial charge in [-0.15, -0.1) is 0 Å². The lowest BCUT2D eigenvalue weighted by Gasteiger charge is -2.43. The van der Waals surface area contributed by atoms with Crippen molar-refractivity contribution in [3.63, 3.8) is 0 Å². The Morgan fingerprint density at radius 3 is 2.32 bits per heavy atom. The van der Waals surface area contributed by atoms with Crippen molar-refractivity contribution in [3.05, 3.63) is 35.9 Å². The summed E-state index contributed by atoms with van der Waals surface area (Å²) in [5.74, 6) is -0.374. The summed E-state index contributed by atoms with van der Waals surface area (Å²) < 4.78 is 10.9. The highest BCUT2D eigenvalue weighted by molar-refractivity contribution is 6.00. The molecule has 0 radical (unpaired) electrons. The van der Waals surface area contributed by atoms with Gasteiger partial charge in [0, 0.05) is 25.2 Å². The number of amides is 3. The second kappa shape index (κ2) is 12.3. The van der Waals surface area contributed by atoms with E-state index in [9.17, 15) is 19.2 Å². The molecule has 0 spiro atoms. The topological polar surface area (TPSA) is 99.7 Å². The van der Waals surface area contributed by atoms with Crippen LogP contribution in [-0.2, 0) is 19.1 Å². The van der Waals surface area contributed by atoms with Crippen LogP contribution in [0.3, 0.4) is 0 Å². The lowest BCUT2D eigenvalue weighted by atomic mass is 10.00. The van der Waals surface area contributed by atoms with Gasteiger partial charge < -0.3 is 14.4 Å². The predicted octanol–water partition coefficient (Wildman–Crippen LogP) is 2.44. The maximum absolute atomic E-state index is 14.3. The number of Topliss-reactive ketones (excluding diaryl/α,β-unsaturated/α-hetero) is 1. The number of benzene rings is 1. The van der Waals surface area contributed by atoms with Crippen molar-refractivity contribution in [2.24, 2.45) is 11.8 Å². The average molecular weight is 529 g/mol. The second-order valence-corrected chi connectivity index (χ2v) is 11.1. The Hall–Kier alpha value is -2.98. The van der Waals surface area contributed by atoms with Crippen molar-refractivity contribution in [2.45, 2.75) is 58.7 Å². The summed E-state index contributed by atoms with van der Waals surface area (Å²) >= 11 is 0. The molecule has 3 unspecified atom stereocenters. The Labute approximate surface area is 224 Å². The average Bonchev–Trinajstić information content (AvgIpc) is 3.48. The van der Waals surface area contributed by atoms with Gasteiger partial charge in [-0.25, -0.2) is 9.80 Å². The van der Waals surface area contributed by atoms with Gasteiger partial charge >= 0.3 is 6.09 Å². The van der Waals surface area contributed by atoms with Gasteiger partial charge in [-0.3, -0.25) is 24.3 Å². The van der Waals surface area contributed by atoms with Crippen LogP contribution in [0.5, 0.6) is 0 Å². The molecule has 1 aromatic carbocycles. The van der Waals surface area contributed by atoms with Crippen molar-refractivity contribution >= 4 is 23.7 Å². The van der Waals surface area contributed by atoms with E-state index < -0.39 is 24.2 Å². The molecule has 3 aliphatic heterocycles. The number of fused-ring (bicyclic) bond motifs is 1. The minimum atomic E-state index is -0.783. The van der Waals surface area contributed by atoms with E-state index in [2.05, 4.69) is 0 Å². The minimum Gasteiger partial charge on any atom is -0.449 e. The Balaban J connectivity index is 1.61. The highest BCUT2D eigenvalue weighted by atomic mass is 16.6. The van der Waals surface area contributed by atoms with Crippen molar-refractivity contribution in [1.82, 2.24) is 19.8 Å². The van der Waals surface area contributed by atoms with Gasteiger partial charge in [-0.05, 0) is 36.8 Å². The van der Waals surface area contributed by atoms with E-state index in [0.29, 0.717) is 51.3 Å². The summed E-state index contributed by atoms with van der Waals surface area (Å²) in [6, 6.07) is 7.04. The van der Waals surface area contributed by atoms with Crippen LogP contribution in [0, 0.1) is 11.8 Å². The number of hydrazine groups is 1. The molecule has 1 aromatic rings. The van der Waals surface area contributed by atoms with E-state index in [-0.39, 0.29) is 42.6 Å². The summed E-state index contributed by atoms with van der Waals surface area (Å²) in [5, 5.41) is 3.50. The zero-order chi connectivity index (χ0) is 27.4. The van der Waals surface area contributed by atoms with E-state index >= 15 is 0 Å². The summed E-state index contributed by atoms with van der Waals surface area (Å²) in [6.07, 6.45) is 0.427. The number of hydrogen-bond donors (Lipinski definition) is 0. The minimum absolute atomic E-state index is 0.0684. The smallest absolute Gasteiger partial charge is 0.410 e. The first-order valence-corrected chi connectivity index (χ1v) is 13.7. The van der Waals surface area contributed by atoms with Crippen LogP contribution in [0.2, 0.25) is 0 Å². The van der Waals surface area contributed by atoms with Crippen LogP contribution in [0.15, 0.2) is 30.3 Å². The first-order chi connectivity index (χ1) is 18.2. The Morgan fingerprint density at radius 1 is 1.00 bits per heavy atom.